The maximum absolute atomic E-state index is 12.2. The molecule has 0 saturated carbocycles. The van der Waals surface area contributed by atoms with Crippen LogP contribution in [0.3, 0.4) is 0 Å². The van der Waals surface area contributed by atoms with Crippen LogP contribution in [0.25, 0.3) is 0 Å². The molecular formula is C13H13BrClN3O. The van der Waals surface area contributed by atoms with Gasteiger partial charge in [-0.3, -0.25) is 4.79 Å². The largest absolute Gasteiger partial charge is 0.339 e. The zero-order valence-corrected chi connectivity index (χ0v) is 12.9. The molecule has 2 aromatic rings. The van der Waals surface area contributed by atoms with Crippen molar-refractivity contribution < 1.29 is 4.79 Å². The van der Waals surface area contributed by atoms with Crippen molar-refractivity contribution in [2.24, 2.45) is 0 Å². The standard InChI is InChI=1S/C13H13BrClN3O/c1-8(2)18-7-10(15)6-11(18)13(19)17-12-5-9(14)3-4-16-12/h3-8H,1-2H3,(H,16,17,19). The normalized spacial score (nSPS) is 10.8. The molecule has 0 spiro atoms. The Kier molecular flexibility index (Phi) is 4.27. The number of carbonyl (C=O) groups is 1. The first-order valence-electron chi connectivity index (χ1n) is 5.77. The van der Waals surface area contributed by atoms with Crippen LogP contribution in [0.5, 0.6) is 0 Å². The molecule has 0 radical (unpaired) electrons. The van der Waals surface area contributed by atoms with Gasteiger partial charge in [-0.15, -0.1) is 0 Å². The van der Waals surface area contributed by atoms with E-state index in [-0.39, 0.29) is 11.9 Å². The predicted molar refractivity (Wildman–Crippen MR) is 79.7 cm³/mol. The Morgan fingerprint density at radius 2 is 2.21 bits per heavy atom. The molecule has 19 heavy (non-hydrogen) atoms. The topological polar surface area (TPSA) is 46.9 Å². The predicted octanol–water partition coefficient (Wildman–Crippen LogP) is 4.13. The number of pyridine rings is 1. The van der Waals surface area contributed by atoms with Crippen molar-refractivity contribution in [1.29, 1.82) is 0 Å². The van der Waals surface area contributed by atoms with Gasteiger partial charge in [-0.05, 0) is 32.0 Å². The van der Waals surface area contributed by atoms with Gasteiger partial charge in [-0.1, -0.05) is 27.5 Å². The van der Waals surface area contributed by atoms with Gasteiger partial charge < -0.3 is 9.88 Å². The second kappa shape index (κ2) is 5.75. The van der Waals surface area contributed by atoms with Gasteiger partial charge in [-0.2, -0.15) is 0 Å². The number of anilines is 1. The number of amides is 1. The summed E-state index contributed by atoms with van der Waals surface area (Å²) in [5.74, 6) is 0.262. The number of hydrogen-bond donors (Lipinski definition) is 1. The summed E-state index contributed by atoms with van der Waals surface area (Å²) in [7, 11) is 0. The Bertz CT molecular complexity index is 610. The quantitative estimate of drug-likeness (QED) is 0.911. The lowest BCUT2D eigenvalue weighted by Gasteiger charge is -2.12. The second-order valence-electron chi connectivity index (χ2n) is 4.36. The number of aromatic nitrogens is 2. The molecule has 4 nitrogen and oxygen atoms in total. The number of nitrogens with zero attached hydrogens (tertiary/aromatic N) is 2. The van der Waals surface area contributed by atoms with E-state index in [1.54, 1.807) is 30.6 Å². The average Bonchev–Trinajstić information content (AvgIpc) is 2.71. The third-order valence-corrected chi connectivity index (χ3v) is 3.27. The first-order chi connectivity index (χ1) is 8.97. The van der Waals surface area contributed by atoms with E-state index in [4.69, 9.17) is 11.6 Å². The van der Waals surface area contributed by atoms with Crippen LogP contribution in [0.2, 0.25) is 5.02 Å². The Morgan fingerprint density at radius 3 is 2.84 bits per heavy atom. The van der Waals surface area contributed by atoms with Crippen LogP contribution in [0, 0.1) is 0 Å². The van der Waals surface area contributed by atoms with Gasteiger partial charge in [-0.25, -0.2) is 4.98 Å². The summed E-state index contributed by atoms with van der Waals surface area (Å²) >= 11 is 9.29. The van der Waals surface area contributed by atoms with Gasteiger partial charge in [0, 0.05) is 22.9 Å². The average molecular weight is 343 g/mol. The van der Waals surface area contributed by atoms with Crippen LogP contribution in [0.1, 0.15) is 30.4 Å². The maximum Gasteiger partial charge on any atom is 0.273 e. The minimum absolute atomic E-state index is 0.156. The summed E-state index contributed by atoms with van der Waals surface area (Å²) in [6.07, 6.45) is 3.36. The van der Waals surface area contributed by atoms with Gasteiger partial charge in [0.15, 0.2) is 0 Å². The summed E-state index contributed by atoms with van der Waals surface area (Å²) in [6.45, 7) is 3.98. The Balaban J connectivity index is 2.25. The molecule has 0 aliphatic heterocycles. The van der Waals surface area contributed by atoms with E-state index in [0.717, 1.165) is 4.47 Å². The van der Waals surface area contributed by atoms with Crippen molar-refractivity contribution in [3.05, 3.63) is 45.8 Å². The maximum atomic E-state index is 12.2. The fourth-order valence-electron chi connectivity index (χ4n) is 1.71. The highest BCUT2D eigenvalue weighted by Gasteiger charge is 2.15. The summed E-state index contributed by atoms with van der Waals surface area (Å²) in [6, 6.07) is 5.34. The molecule has 2 heterocycles. The van der Waals surface area contributed by atoms with Crippen LogP contribution < -0.4 is 5.32 Å². The highest BCUT2D eigenvalue weighted by atomic mass is 79.9. The Morgan fingerprint density at radius 1 is 1.47 bits per heavy atom. The lowest BCUT2D eigenvalue weighted by molar-refractivity contribution is 0.101. The van der Waals surface area contributed by atoms with Gasteiger partial charge in [0.2, 0.25) is 0 Å². The van der Waals surface area contributed by atoms with E-state index in [1.165, 1.54) is 0 Å². The lowest BCUT2D eigenvalue weighted by atomic mass is 10.3. The van der Waals surface area contributed by atoms with Crippen LogP contribution in [0.15, 0.2) is 35.1 Å². The van der Waals surface area contributed by atoms with Crippen molar-refractivity contribution in [2.75, 3.05) is 5.32 Å². The fraction of sp³-hybridized carbons (Fsp3) is 0.231. The molecule has 0 aliphatic carbocycles. The number of rotatable bonds is 3. The van der Waals surface area contributed by atoms with Crippen LogP contribution >= 0.6 is 27.5 Å². The van der Waals surface area contributed by atoms with Gasteiger partial charge >= 0.3 is 0 Å². The highest BCUT2D eigenvalue weighted by molar-refractivity contribution is 9.10. The monoisotopic (exact) mass is 341 g/mol. The number of halogens is 2. The lowest BCUT2D eigenvalue weighted by Crippen LogP contribution is -2.18. The van der Waals surface area contributed by atoms with Crippen molar-refractivity contribution >= 4 is 39.3 Å². The van der Waals surface area contributed by atoms with E-state index < -0.39 is 0 Å². The van der Waals surface area contributed by atoms with Crippen molar-refractivity contribution in [2.45, 2.75) is 19.9 Å². The smallest absolute Gasteiger partial charge is 0.273 e. The molecule has 0 aliphatic rings. The summed E-state index contributed by atoms with van der Waals surface area (Å²) < 4.78 is 2.69. The SMILES string of the molecule is CC(C)n1cc(Cl)cc1C(=O)Nc1cc(Br)ccn1. The van der Waals surface area contributed by atoms with E-state index in [0.29, 0.717) is 16.5 Å². The van der Waals surface area contributed by atoms with Crippen molar-refractivity contribution in [3.63, 3.8) is 0 Å². The van der Waals surface area contributed by atoms with Gasteiger partial charge in [0.25, 0.3) is 5.91 Å². The Hall–Kier alpha value is -1.33. The first-order valence-corrected chi connectivity index (χ1v) is 6.94. The second-order valence-corrected chi connectivity index (χ2v) is 5.71. The van der Waals surface area contributed by atoms with Gasteiger partial charge in [0.05, 0.1) is 5.02 Å². The van der Waals surface area contributed by atoms with Gasteiger partial charge in [0.1, 0.15) is 11.5 Å². The molecule has 100 valence electrons. The van der Waals surface area contributed by atoms with Crippen molar-refractivity contribution in [1.82, 2.24) is 9.55 Å². The summed E-state index contributed by atoms with van der Waals surface area (Å²) in [5.41, 5.74) is 0.516. The molecule has 0 unspecified atom stereocenters. The fourth-order valence-corrected chi connectivity index (χ4v) is 2.25. The van der Waals surface area contributed by atoms with E-state index in [2.05, 4.69) is 26.2 Å². The van der Waals surface area contributed by atoms with Crippen LogP contribution in [-0.2, 0) is 0 Å². The molecule has 0 fully saturated rings. The van der Waals surface area contributed by atoms with Crippen LogP contribution in [0.4, 0.5) is 5.82 Å². The molecule has 2 rings (SSSR count). The van der Waals surface area contributed by atoms with E-state index in [1.807, 2.05) is 18.4 Å². The first kappa shape index (κ1) is 14.1. The third-order valence-electron chi connectivity index (χ3n) is 2.57. The highest BCUT2D eigenvalue weighted by Crippen LogP contribution is 2.20. The molecule has 0 aromatic carbocycles. The molecule has 1 N–H and O–H groups in total. The molecule has 0 bridgehead atoms. The summed E-state index contributed by atoms with van der Waals surface area (Å²) in [4.78, 5) is 16.3. The van der Waals surface area contributed by atoms with E-state index >= 15 is 0 Å². The third kappa shape index (κ3) is 3.36. The molecular weight excluding hydrogens is 330 g/mol. The molecule has 1 amide bonds. The Labute approximate surface area is 124 Å². The zero-order chi connectivity index (χ0) is 14.0. The van der Waals surface area contributed by atoms with Crippen molar-refractivity contribution in [3.8, 4) is 0 Å². The minimum atomic E-state index is -0.230. The number of carbonyl (C=O) groups excluding carboxylic acids is 1. The number of nitrogens with one attached hydrogen (secondary N) is 1. The molecule has 0 atom stereocenters. The minimum Gasteiger partial charge on any atom is -0.339 e. The van der Waals surface area contributed by atoms with Crippen LogP contribution in [-0.4, -0.2) is 15.5 Å². The summed E-state index contributed by atoms with van der Waals surface area (Å²) in [5, 5.41) is 3.29. The van der Waals surface area contributed by atoms with E-state index in [9.17, 15) is 4.79 Å². The number of hydrogen-bond acceptors (Lipinski definition) is 2. The molecule has 6 heteroatoms. The zero-order valence-electron chi connectivity index (χ0n) is 10.5. The molecule has 2 aromatic heterocycles. The molecule has 0 saturated heterocycles.